The second-order valence-corrected chi connectivity index (χ2v) is 3.08. The van der Waals surface area contributed by atoms with Crippen molar-refractivity contribution in [3.8, 4) is 0 Å². The van der Waals surface area contributed by atoms with Crippen LogP contribution < -0.4 is 5.73 Å². The van der Waals surface area contributed by atoms with Crippen molar-refractivity contribution in [1.29, 1.82) is 0 Å². The van der Waals surface area contributed by atoms with Crippen LogP contribution in [0.3, 0.4) is 0 Å². The molecule has 0 spiro atoms. The lowest BCUT2D eigenvalue weighted by Crippen LogP contribution is -2.18. The van der Waals surface area contributed by atoms with Crippen molar-refractivity contribution in [1.82, 2.24) is 0 Å². The Morgan fingerprint density at radius 1 is 1.54 bits per heavy atom. The molecular weight excluding hydrogens is 209 g/mol. The molecule has 0 amide bonds. The summed E-state index contributed by atoms with van der Waals surface area (Å²) >= 11 is 5.73. The predicted octanol–water partition coefficient (Wildman–Crippen LogP) is 2.35. The lowest BCUT2D eigenvalue weighted by Gasteiger charge is -2.07. The van der Waals surface area contributed by atoms with Crippen LogP contribution >= 0.6 is 24.0 Å². The first kappa shape index (κ1) is 12.4. The van der Waals surface area contributed by atoms with Crippen LogP contribution in [0.4, 0.5) is 0 Å². The van der Waals surface area contributed by atoms with Crippen molar-refractivity contribution >= 4 is 29.8 Å². The summed E-state index contributed by atoms with van der Waals surface area (Å²) in [5, 5.41) is 0.601. The van der Waals surface area contributed by atoms with Gasteiger partial charge in [0, 0.05) is 5.02 Å². The highest BCUT2D eigenvalue weighted by Crippen LogP contribution is 2.16. The smallest absolute Gasteiger partial charge is 0.150 e. The van der Waals surface area contributed by atoms with E-state index in [9.17, 15) is 4.79 Å². The molecule has 0 fully saturated rings. The second kappa shape index (κ2) is 5.22. The van der Waals surface area contributed by atoms with Crippen molar-refractivity contribution in [2.75, 3.05) is 0 Å². The van der Waals surface area contributed by atoms with Crippen LogP contribution in [0.2, 0.25) is 5.02 Å². The maximum Gasteiger partial charge on any atom is 0.150 e. The Bertz CT molecular complexity index is 301. The number of Topliss-reactive ketones (excluding diaryl/α,β-unsaturated/α-hetero) is 1. The first-order valence-electron chi connectivity index (χ1n) is 3.63. The molecule has 0 saturated heterocycles. The van der Waals surface area contributed by atoms with Crippen LogP contribution in [0, 0.1) is 0 Å². The maximum absolute atomic E-state index is 10.9. The van der Waals surface area contributed by atoms with E-state index in [0.717, 1.165) is 5.56 Å². The molecule has 0 aliphatic rings. The summed E-state index contributed by atoms with van der Waals surface area (Å²) in [7, 11) is 0. The molecule has 0 aliphatic carbocycles. The molecule has 72 valence electrons. The summed E-state index contributed by atoms with van der Waals surface area (Å²) < 4.78 is 0. The van der Waals surface area contributed by atoms with E-state index in [1.165, 1.54) is 6.92 Å². The fourth-order valence-electron chi connectivity index (χ4n) is 0.935. The van der Waals surface area contributed by atoms with Gasteiger partial charge in [0.05, 0.1) is 6.04 Å². The normalized spacial score (nSPS) is 11.6. The number of halogens is 2. The van der Waals surface area contributed by atoms with Crippen LogP contribution in [-0.2, 0) is 4.79 Å². The number of ketones is 1. The molecule has 4 heteroatoms. The standard InChI is InChI=1S/C9H10ClNO.ClH/c1-6(12)9(11)7-3-2-4-8(10)5-7;/h2-5,9H,11H2,1H3;1H. The maximum atomic E-state index is 10.9. The van der Waals surface area contributed by atoms with Crippen molar-refractivity contribution < 1.29 is 4.79 Å². The Balaban J connectivity index is 0.00000144. The minimum atomic E-state index is -0.552. The SMILES string of the molecule is CC(=O)C(N)c1cccc(Cl)c1.Cl. The van der Waals surface area contributed by atoms with E-state index >= 15 is 0 Å². The van der Waals surface area contributed by atoms with E-state index in [4.69, 9.17) is 17.3 Å². The van der Waals surface area contributed by atoms with Gasteiger partial charge in [0.25, 0.3) is 0 Å². The van der Waals surface area contributed by atoms with Crippen molar-refractivity contribution in [2.24, 2.45) is 5.73 Å². The molecule has 1 atom stereocenters. The van der Waals surface area contributed by atoms with E-state index in [1.54, 1.807) is 24.3 Å². The van der Waals surface area contributed by atoms with Gasteiger partial charge in [-0.1, -0.05) is 23.7 Å². The molecule has 0 heterocycles. The first-order chi connectivity index (χ1) is 5.61. The lowest BCUT2D eigenvalue weighted by atomic mass is 10.1. The highest BCUT2D eigenvalue weighted by molar-refractivity contribution is 6.30. The van der Waals surface area contributed by atoms with Crippen molar-refractivity contribution in [3.63, 3.8) is 0 Å². The average Bonchev–Trinajstić information content (AvgIpc) is 2.03. The van der Waals surface area contributed by atoms with E-state index in [-0.39, 0.29) is 18.2 Å². The molecule has 0 bridgehead atoms. The molecule has 0 aliphatic heterocycles. The van der Waals surface area contributed by atoms with Gasteiger partial charge in [-0.3, -0.25) is 4.79 Å². The van der Waals surface area contributed by atoms with Crippen LogP contribution in [-0.4, -0.2) is 5.78 Å². The molecule has 13 heavy (non-hydrogen) atoms. The highest BCUT2D eigenvalue weighted by Gasteiger charge is 2.10. The van der Waals surface area contributed by atoms with E-state index in [0.29, 0.717) is 5.02 Å². The monoisotopic (exact) mass is 219 g/mol. The third-order valence-corrected chi connectivity index (χ3v) is 1.88. The Morgan fingerprint density at radius 2 is 2.15 bits per heavy atom. The zero-order valence-corrected chi connectivity index (χ0v) is 8.73. The predicted molar refractivity (Wildman–Crippen MR) is 56.3 cm³/mol. The van der Waals surface area contributed by atoms with Gasteiger partial charge >= 0.3 is 0 Å². The summed E-state index contributed by atoms with van der Waals surface area (Å²) in [5.74, 6) is -0.0581. The van der Waals surface area contributed by atoms with Gasteiger partial charge < -0.3 is 5.73 Å². The molecule has 2 nitrogen and oxygen atoms in total. The summed E-state index contributed by atoms with van der Waals surface area (Å²) in [4.78, 5) is 10.9. The van der Waals surface area contributed by atoms with Crippen molar-refractivity contribution in [3.05, 3.63) is 34.9 Å². The van der Waals surface area contributed by atoms with Crippen LogP contribution in [0.5, 0.6) is 0 Å². The molecule has 0 aromatic heterocycles. The lowest BCUT2D eigenvalue weighted by molar-refractivity contribution is -0.118. The summed E-state index contributed by atoms with van der Waals surface area (Å²) in [6, 6.07) is 6.47. The van der Waals surface area contributed by atoms with Crippen LogP contribution in [0.25, 0.3) is 0 Å². The molecule has 1 aromatic carbocycles. The zero-order valence-electron chi connectivity index (χ0n) is 7.16. The van der Waals surface area contributed by atoms with Gasteiger partial charge in [-0.15, -0.1) is 12.4 Å². The third-order valence-electron chi connectivity index (χ3n) is 1.65. The fraction of sp³-hybridized carbons (Fsp3) is 0.222. The van der Waals surface area contributed by atoms with Crippen molar-refractivity contribution in [2.45, 2.75) is 13.0 Å². The average molecular weight is 220 g/mol. The topological polar surface area (TPSA) is 43.1 Å². The quantitative estimate of drug-likeness (QED) is 0.831. The fourth-order valence-corrected chi connectivity index (χ4v) is 1.13. The number of carbonyl (C=O) groups is 1. The number of hydrogen-bond donors (Lipinski definition) is 1. The van der Waals surface area contributed by atoms with Gasteiger partial charge in [0.15, 0.2) is 5.78 Å². The van der Waals surface area contributed by atoms with E-state index in [2.05, 4.69) is 0 Å². The zero-order chi connectivity index (χ0) is 9.14. The highest BCUT2D eigenvalue weighted by atomic mass is 35.5. The summed E-state index contributed by atoms with van der Waals surface area (Å²) in [5.41, 5.74) is 6.36. The van der Waals surface area contributed by atoms with Crippen LogP contribution in [0.1, 0.15) is 18.5 Å². The Kier molecular flexibility index (Phi) is 4.99. The Morgan fingerprint density at radius 3 is 2.62 bits per heavy atom. The third kappa shape index (κ3) is 3.35. The van der Waals surface area contributed by atoms with Crippen LogP contribution in [0.15, 0.2) is 24.3 Å². The second-order valence-electron chi connectivity index (χ2n) is 2.64. The number of nitrogens with two attached hydrogens (primary N) is 1. The van der Waals surface area contributed by atoms with E-state index in [1.807, 2.05) is 0 Å². The Hall–Kier alpha value is -0.570. The van der Waals surface area contributed by atoms with Gasteiger partial charge in [-0.2, -0.15) is 0 Å². The molecular formula is C9H11Cl2NO. The van der Waals surface area contributed by atoms with Gasteiger partial charge in [0.2, 0.25) is 0 Å². The number of benzene rings is 1. The van der Waals surface area contributed by atoms with Gasteiger partial charge in [-0.05, 0) is 24.6 Å². The number of hydrogen-bond acceptors (Lipinski definition) is 2. The number of rotatable bonds is 2. The van der Waals surface area contributed by atoms with Gasteiger partial charge in [-0.25, -0.2) is 0 Å². The number of carbonyl (C=O) groups excluding carboxylic acids is 1. The molecule has 1 unspecified atom stereocenters. The molecule has 1 aromatic rings. The molecule has 0 radical (unpaired) electrons. The molecule has 2 N–H and O–H groups in total. The minimum Gasteiger partial charge on any atom is -0.318 e. The van der Waals surface area contributed by atoms with E-state index < -0.39 is 6.04 Å². The minimum absolute atomic E-state index is 0. The van der Waals surface area contributed by atoms with Gasteiger partial charge in [0.1, 0.15) is 0 Å². The summed E-state index contributed by atoms with van der Waals surface area (Å²) in [6.45, 7) is 1.46. The summed E-state index contributed by atoms with van der Waals surface area (Å²) in [6.07, 6.45) is 0. The Labute approximate surface area is 88.5 Å². The first-order valence-corrected chi connectivity index (χ1v) is 4.00. The molecule has 1 rings (SSSR count). The largest absolute Gasteiger partial charge is 0.318 e. The molecule has 0 saturated carbocycles.